The Morgan fingerprint density at radius 3 is 2.30 bits per heavy atom. The van der Waals surface area contributed by atoms with Crippen LogP contribution in [-0.2, 0) is 33.0 Å². The number of anilines is 2. The minimum Gasteiger partial charge on any atom is -0.748 e. The van der Waals surface area contributed by atoms with Crippen molar-refractivity contribution in [3.05, 3.63) is 82.1 Å². The quantitative estimate of drug-likeness (QED) is 0.135. The molecule has 0 aliphatic carbocycles. The van der Waals surface area contributed by atoms with Crippen molar-refractivity contribution in [3.8, 4) is 0 Å². The van der Waals surface area contributed by atoms with E-state index in [0.717, 1.165) is 32.1 Å². The summed E-state index contributed by atoms with van der Waals surface area (Å²) in [7, 11) is -8.98. The second-order valence-corrected chi connectivity index (χ2v) is 15.1. The van der Waals surface area contributed by atoms with Crippen LogP contribution in [0.15, 0.2) is 66.5 Å². The fraction of sp³-hybridized carbons (Fsp3) is 0.300. The molecule has 0 unspecified atom stereocenters. The molecule has 0 atom stereocenters. The molecule has 0 amide bonds. The molecule has 5 rings (SSSR count). The van der Waals surface area contributed by atoms with E-state index in [0.29, 0.717) is 18.1 Å². The molecule has 0 saturated heterocycles. The van der Waals surface area contributed by atoms with Gasteiger partial charge in [0.1, 0.15) is 10.5 Å². The first kappa shape index (κ1) is 34.1. The molecule has 2 heterocycles. The molecule has 0 radical (unpaired) electrons. The molecule has 1 aliphatic heterocycles. The smallest absolute Gasteiger partial charge is 0.417 e. The zero-order valence-electron chi connectivity index (χ0n) is 24.3. The van der Waals surface area contributed by atoms with Crippen molar-refractivity contribution in [2.45, 2.75) is 32.5 Å². The summed E-state index contributed by atoms with van der Waals surface area (Å²) in [5.41, 5.74) is 0.397. The topological polar surface area (TPSA) is 125 Å². The average Bonchev–Trinajstić information content (AvgIpc) is 3.45. The van der Waals surface area contributed by atoms with Crippen LogP contribution in [0.3, 0.4) is 0 Å². The van der Waals surface area contributed by atoms with Crippen molar-refractivity contribution in [2.24, 2.45) is 0 Å². The Kier molecular flexibility index (Phi) is 9.74. The van der Waals surface area contributed by atoms with Crippen LogP contribution >= 0.6 is 22.9 Å². The van der Waals surface area contributed by atoms with E-state index in [-0.39, 0.29) is 31.6 Å². The Morgan fingerprint density at radius 2 is 1.63 bits per heavy atom. The van der Waals surface area contributed by atoms with Crippen LogP contribution in [0.1, 0.15) is 30.3 Å². The molecule has 0 N–H and O–H groups in total. The lowest BCUT2D eigenvalue weighted by Gasteiger charge is -2.24. The van der Waals surface area contributed by atoms with Gasteiger partial charge in [0.2, 0.25) is 5.52 Å². The summed E-state index contributed by atoms with van der Waals surface area (Å²) in [5.74, 6) is -0.777. The largest absolute Gasteiger partial charge is 0.748 e. The predicted molar refractivity (Wildman–Crippen MR) is 172 cm³/mol. The lowest BCUT2D eigenvalue weighted by atomic mass is 10.1. The van der Waals surface area contributed by atoms with E-state index in [1.165, 1.54) is 22.3 Å². The van der Waals surface area contributed by atoms with E-state index in [1.807, 2.05) is 41.0 Å². The molecule has 0 fully saturated rings. The van der Waals surface area contributed by atoms with Crippen LogP contribution in [0.4, 0.5) is 24.5 Å². The molecule has 0 bridgehead atoms. The summed E-state index contributed by atoms with van der Waals surface area (Å²) < 4.78 is 112. The third kappa shape index (κ3) is 7.50. The monoisotopic (exact) mass is 714 g/mol. The highest BCUT2D eigenvalue weighted by molar-refractivity contribution is 7.85. The van der Waals surface area contributed by atoms with E-state index in [1.54, 1.807) is 30.1 Å². The number of rotatable bonds is 11. The number of hydrogen-bond donors (Lipinski definition) is 0. The van der Waals surface area contributed by atoms with Gasteiger partial charge in [-0.3, -0.25) is 0 Å². The van der Waals surface area contributed by atoms with Crippen molar-refractivity contribution in [1.29, 1.82) is 0 Å². The van der Waals surface area contributed by atoms with Crippen molar-refractivity contribution in [3.63, 3.8) is 0 Å². The number of hydrogen-bond acceptors (Lipinski definition) is 9. The van der Waals surface area contributed by atoms with Gasteiger partial charge in [0, 0.05) is 37.1 Å². The second-order valence-electron chi connectivity index (χ2n) is 10.6. The summed E-state index contributed by atoms with van der Waals surface area (Å²) in [6.07, 6.45) is 0.380. The Bertz CT molecular complexity index is 2080. The van der Waals surface area contributed by atoms with Gasteiger partial charge in [-0.2, -0.15) is 17.7 Å². The number of halogens is 4. The number of fused-ring (bicyclic) bond motifs is 4. The van der Waals surface area contributed by atoms with Gasteiger partial charge in [-0.15, -0.1) is 0 Å². The maximum atomic E-state index is 13.8. The maximum Gasteiger partial charge on any atom is 0.417 e. The van der Waals surface area contributed by atoms with Crippen LogP contribution in [0.25, 0.3) is 27.1 Å². The molecule has 16 heteroatoms. The van der Waals surface area contributed by atoms with Crippen LogP contribution in [0.2, 0.25) is 5.02 Å². The molecule has 1 aromatic heterocycles. The number of allylic oxidation sites excluding steroid dienone is 2. The zero-order valence-corrected chi connectivity index (χ0v) is 27.5. The predicted octanol–water partition coefficient (Wildman–Crippen LogP) is 6.09. The number of benzene rings is 3. The second kappa shape index (κ2) is 13.1. The molecule has 9 nitrogen and oxygen atoms in total. The molecule has 4 aromatic rings. The van der Waals surface area contributed by atoms with Gasteiger partial charge in [0.05, 0.1) is 47.6 Å². The molecule has 46 heavy (non-hydrogen) atoms. The van der Waals surface area contributed by atoms with Crippen molar-refractivity contribution in [2.75, 3.05) is 34.4 Å². The first-order chi connectivity index (χ1) is 21.6. The number of thiazole rings is 1. The lowest BCUT2D eigenvalue weighted by Crippen LogP contribution is -2.36. The zero-order chi connectivity index (χ0) is 33.4. The third-order valence-corrected chi connectivity index (χ3v) is 10.5. The molecular formula is C30H28ClF3N3O6S3-. The lowest BCUT2D eigenvalue weighted by molar-refractivity contribution is -0.667. The van der Waals surface area contributed by atoms with Gasteiger partial charge in [0.25, 0.3) is 5.01 Å². The highest BCUT2D eigenvalue weighted by Gasteiger charge is 2.38. The van der Waals surface area contributed by atoms with E-state index in [2.05, 4.69) is 0 Å². The summed E-state index contributed by atoms with van der Waals surface area (Å²) in [6.45, 7) is 2.33. The van der Waals surface area contributed by atoms with Gasteiger partial charge < -0.3 is 18.9 Å². The normalized spacial score (nSPS) is 15.2. The standard InChI is InChI=1S/C30H29ClF3N3O6S3/c1-2-35-25-19-23(31)22(30(32,33)34)18-24(25)36(14-6-16-45(38,39)40)27(35)10-5-11-28-37(15-7-17-46(41,42)43)29-21-9-4-3-8-20(21)12-13-26(29)44-28/h3-5,8-13,18-19H,2,6-7,14-17H2,1H3,(H-,38,39,40,41,42,43)/p-1. The van der Waals surface area contributed by atoms with Crippen molar-refractivity contribution >= 4 is 81.6 Å². The van der Waals surface area contributed by atoms with Crippen molar-refractivity contribution in [1.82, 2.24) is 0 Å². The fourth-order valence-corrected chi connectivity index (χ4v) is 7.92. The van der Waals surface area contributed by atoms with Crippen LogP contribution in [0, 0.1) is 0 Å². The molecular weight excluding hydrogens is 687 g/mol. The number of aromatic nitrogens is 1. The first-order valence-electron chi connectivity index (χ1n) is 14.1. The van der Waals surface area contributed by atoms with Crippen LogP contribution in [-0.4, -0.2) is 50.5 Å². The van der Waals surface area contributed by atoms with Crippen LogP contribution < -0.4 is 14.4 Å². The van der Waals surface area contributed by atoms with Gasteiger partial charge in [-0.25, -0.2) is 16.8 Å². The van der Waals surface area contributed by atoms with E-state index in [9.17, 15) is 39.1 Å². The summed E-state index contributed by atoms with van der Waals surface area (Å²) in [5, 5.41) is 2.17. The third-order valence-electron chi connectivity index (χ3n) is 7.47. The van der Waals surface area contributed by atoms with Gasteiger partial charge in [-0.1, -0.05) is 53.3 Å². The van der Waals surface area contributed by atoms with Crippen molar-refractivity contribution < 1.29 is 43.7 Å². The molecule has 1 aliphatic rings. The highest BCUT2D eigenvalue weighted by atomic mass is 35.5. The SMILES string of the molecule is CCN1/C(=C\C=C\c2sc3ccc4ccccc4c3[n+]2CCCS(=O)(=O)[O-])N(CCCS(=O)(=O)[O-])c2cc(C(F)(F)F)c(Cl)cc21. The Hall–Kier alpha value is -3.21. The maximum absolute atomic E-state index is 13.8. The highest BCUT2D eigenvalue weighted by Crippen LogP contribution is 2.47. The Labute approximate surface area is 273 Å². The summed E-state index contributed by atoms with van der Waals surface area (Å²) in [6, 6.07) is 13.8. The van der Waals surface area contributed by atoms with Gasteiger partial charge in [0.15, 0.2) is 6.54 Å². The Morgan fingerprint density at radius 1 is 0.957 bits per heavy atom. The van der Waals surface area contributed by atoms with E-state index < -0.39 is 48.5 Å². The summed E-state index contributed by atoms with van der Waals surface area (Å²) in [4.78, 5) is 3.27. The minimum absolute atomic E-state index is 0.0535. The van der Waals surface area contributed by atoms with E-state index >= 15 is 0 Å². The molecule has 0 saturated carbocycles. The van der Waals surface area contributed by atoms with Gasteiger partial charge >= 0.3 is 6.18 Å². The number of alkyl halides is 3. The number of aryl methyl sites for hydroxylation is 1. The molecule has 0 spiro atoms. The summed E-state index contributed by atoms with van der Waals surface area (Å²) >= 11 is 7.49. The Balaban J connectivity index is 1.58. The number of nitrogens with zero attached hydrogens (tertiary/aromatic N) is 3. The average molecular weight is 715 g/mol. The fourth-order valence-electron chi connectivity index (χ4n) is 5.58. The first-order valence-corrected chi connectivity index (χ1v) is 18.5. The van der Waals surface area contributed by atoms with E-state index in [4.69, 9.17) is 11.6 Å². The van der Waals surface area contributed by atoms with Crippen LogP contribution in [0.5, 0.6) is 0 Å². The molecule has 246 valence electrons. The molecule has 3 aromatic carbocycles. The minimum atomic E-state index is -4.73. The van der Waals surface area contributed by atoms with Gasteiger partial charge in [-0.05, 0) is 49.1 Å².